The van der Waals surface area contributed by atoms with Gasteiger partial charge in [-0.15, -0.1) is 0 Å². The number of aliphatic hydroxyl groups excluding tert-OH is 1. The topological polar surface area (TPSA) is 278 Å². The fourth-order valence-corrected chi connectivity index (χ4v) is 2.36. The number of carbonyl (C=O) groups is 5. The second-order valence-corrected chi connectivity index (χ2v) is 6.95. The molecule has 4 atom stereocenters. The maximum absolute atomic E-state index is 12.6. The average molecular weight is 460 g/mol. The van der Waals surface area contributed by atoms with Crippen LogP contribution in [0.2, 0.25) is 0 Å². The van der Waals surface area contributed by atoms with E-state index < -0.39 is 60.4 Å². The van der Waals surface area contributed by atoms with Crippen LogP contribution in [0.1, 0.15) is 32.6 Å². The molecule has 0 aromatic rings. The van der Waals surface area contributed by atoms with Crippen molar-refractivity contribution in [1.82, 2.24) is 16.0 Å². The number of rotatable bonds is 15. The lowest BCUT2D eigenvalue weighted by Gasteiger charge is -2.23. The maximum atomic E-state index is 12.6. The minimum atomic E-state index is -1.52. The molecule has 4 unspecified atom stereocenters. The molecule has 15 heteroatoms. The number of aliphatic hydroxyl groups is 1. The second-order valence-electron chi connectivity index (χ2n) is 6.95. The molecule has 182 valence electrons. The summed E-state index contributed by atoms with van der Waals surface area (Å²) in [5.74, 6) is -4.78. The molecule has 0 saturated heterocycles. The van der Waals surface area contributed by atoms with Gasteiger partial charge < -0.3 is 49.1 Å². The van der Waals surface area contributed by atoms with E-state index in [1.165, 1.54) is 6.92 Å². The number of nitrogens with zero attached hydrogens (tertiary/aromatic N) is 1. The number of carboxylic acid groups (broad SMARTS) is 1. The highest BCUT2D eigenvalue weighted by molar-refractivity contribution is 5.94. The number of aliphatic carboxylic acids is 1. The summed E-state index contributed by atoms with van der Waals surface area (Å²) in [6.45, 7) is 0.720. The first-order valence-corrected chi connectivity index (χ1v) is 9.73. The fraction of sp³-hybridized carbons (Fsp3) is 0.647. The molecule has 15 nitrogen and oxygen atoms in total. The molecule has 0 spiro atoms. The minimum Gasteiger partial charge on any atom is -0.480 e. The lowest BCUT2D eigenvalue weighted by molar-refractivity contribution is -0.143. The van der Waals surface area contributed by atoms with Crippen LogP contribution < -0.4 is 38.9 Å². The van der Waals surface area contributed by atoms with Crippen molar-refractivity contribution < 1.29 is 34.2 Å². The van der Waals surface area contributed by atoms with Crippen molar-refractivity contribution in [2.45, 2.75) is 56.8 Å². The third-order valence-corrected chi connectivity index (χ3v) is 4.10. The zero-order valence-electron chi connectivity index (χ0n) is 17.7. The molecule has 0 aromatic heterocycles. The number of nitrogens with two attached hydrogens (primary N) is 4. The van der Waals surface area contributed by atoms with Gasteiger partial charge in [-0.2, -0.15) is 0 Å². The summed E-state index contributed by atoms with van der Waals surface area (Å²) in [6.07, 6.45) is -0.203. The van der Waals surface area contributed by atoms with E-state index in [9.17, 15) is 29.1 Å². The first-order chi connectivity index (χ1) is 14.9. The molecular formula is C17H32N8O7. The Morgan fingerprint density at radius 3 is 1.88 bits per heavy atom. The summed E-state index contributed by atoms with van der Waals surface area (Å²) in [4.78, 5) is 62.8. The highest BCUT2D eigenvalue weighted by atomic mass is 16.4. The van der Waals surface area contributed by atoms with Gasteiger partial charge in [-0.1, -0.05) is 0 Å². The highest BCUT2D eigenvalue weighted by Crippen LogP contribution is 2.02. The number of hydrogen-bond acceptors (Lipinski definition) is 8. The van der Waals surface area contributed by atoms with E-state index in [-0.39, 0.29) is 31.8 Å². The zero-order valence-corrected chi connectivity index (χ0v) is 17.7. The zero-order chi connectivity index (χ0) is 24.8. The first kappa shape index (κ1) is 28.5. The highest BCUT2D eigenvalue weighted by Gasteiger charge is 2.29. The van der Waals surface area contributed by atoms with Crippen molar-refractivity contribution in [3.8, 4) is 0 Å². The standard InChI is InChI=1S/C17H32N8O7/c1-8(18)13(28)23-9(3-2-6-22-17(20)21)14(29)25-11(7-26)15(30)24-10(16(31)32)4-5-12(19)27/h8-11,26H,2-7,18H2,1H3,(H2,19,27)(H,23,28)(H,24,30)(H,25,29)(H,31,32)(H4,20,21,22). The number of hydrogen-bond donors (Lipinski definition) is 9. The predicted molar refractivity (Wildman–Crippen MR) is 113 cm³/mol. The van der Waals surface area contributed by atoms with Crippen LogP contribution in [0.15, 0.2) is 4.99 Å². The van der Waals surface area contributed by atoms with Crippen LogP contribution in [0.25, 0.3) is 0 Å². The van der Waals surface area contributed by atoms with E-state index in [0.717, 1.165) is 0 Å². The third kappa shape index (κ3) is 11.7. The van der Waals surface area contributed by atoms with Gasteiger partial charge in [-0.3, -0.25) is 24.2 Å². The average Bonchev–Trinajstić information content (AvgIpc) is 2.70. The number of primary amides is 1. The van der Waals surface area contributed by atoms with Crippen LogP contribution in [0, 0.1) is 0 Å². The van der Waals surface area contributed by atoms with Crippen LogP contribution in [-0.2, 0) is 24.0 Å². The number of carboxylic acids is 1. The smallest absolute Gasteiger partial charge is 0.326 e. The second kappa shape index (κ2) is 14.5. The molecule has 0 aliphatic rings. The Labute approximate surface area is 184 Å². The van der Waals surface area contributed by atoms with Crippen LogP contribution in [0.5, 0.6) is 0 Å². The normalized spacial score (nSPS) is 14.2. The minimum absolute atomic E-state index is 0.0806. The number of aliphatic imine (C=N–C) groups is 1. The van der Waals surface area contributed by atoms with Gasteiger partial charge in [-0.05, 0) is 26.2 Å². The van der Waals surface area contributed by atoms with Crippen molar-refractivity contribution in [3.63, 3.8) is 0 Å². The number of amides is 4. The third-order valence-electron chi connectivity index (χ3n) is 4.10. The van der Waals surface area contributed by atoms with E-state index in [1.54, 1.807) is 0 Å². The van der Waals surface area contributed by atoms with Gasteiger partial charge in [0.05, 0.1) is 12.6 Å². The molecular weight excluding hydrogens is 428 g/mol. The van der Waals surface area contributed by atoms with Crippen molar-refractivity contribution in [2.24, 2.45) is 27.9 Å². The monoisotopic (exact) mass is 460 g/mol. The SMILES string of the molecule is CC(N)C(=O)NC(CCCN=C(N)N)C(=O)NC(CO)C(=O)NC(CCC(N)=O)C(=O)O. The molecule has 0 aliphatic carbocycles. The molecule has 0 heterocycles. The molecule has 4 amide bonds. The molecule has 0 saturated carbocycles. The van der Waals surface area contributed by atoms with Gasteiger partial charge in [0.25, 0.3) is 0 Å². The Balaban J connectivity index is 5.20. The maximum Gasteiger partial charge on any atom is 0.326 e. The van der Waals surface area contributed by atoms with Gasteiger partial charge in [0.2, 0.25) is 23.6 Å². The molecule has 13 N–H and O–H groups in total. The Kier molecular flexibility index (Phi) is 13.0. The lowest BCUT2D eigenvalue weighted by Crippen LogP contribution is -2.58. The Hall–Kier alpha value is -3.46. The summed E-state index contributed by atoms with van der Waals surface area (Å²) in [6, 6.07) is -5.03. The van der Waals surface area contributed by atoms with E-state index in [2.05, 4.69) is 20.9 Å². The molecule has 0 aromatic carbocycles. The molecule has 32 heavy (non-hydrogen) atoms. The quantitative estimate of drug-likeness (QED) is 0.0638. The van der Waals surface area contributed by atoms with Crippen LogP contribution >= 0.6 is 0 Å². The molecule has 0 fully saturated rings. The summed E-state index contributed by atoms with van der Waals surface area (Å²) in [5.41, 5.74) is 20.9. The lowest BCUT2D eigenvalue weighted by atomic mass is 10.1. The number of nitrogens with one attached hydrogen (secondary N) is 3. The summed E-state index contributed by atoms with van der Waals surface area (Å²) >= 11 is 0. The van der Waals surface area contributed by atoms with E-state index >= 15 is 0 Å². The van der Waals surface area contributed by atoms with Gasteiger partial charge in [0.1, 0.15) is 18.1 Å². The van der Waals surface area contributed by atoms with Gasteiger partial charge >= 0.3 is 5.97 Å². The fourth-order valence-electron chi connectivity index (χ4n) is 2.36. The van der Waals surface area contributed by atoms with Crippen molar-refractivity contribution >= 4 is 35.6 Å². The predicted octanol–water partition coefficient (Wildman–Crippen LogP) is -4.82. The number of guanidine groups is 1. The van der Waals surface area contributed by atoms with E-state index in [0.29, 0.717) is 6.42 Å². The van der Waals surface area contributed by atoms with Gasteiger partial charge in [-0.25, -0.2) is 4.79 Å². The van der Waals surface area contributed by atoms with Crippen LogP contribution in [0.3, 0.4) is 0 Å². The van der Waals surface area contributed by atoms with Crippen LogP contribution in [-0.4, -0.2) is 83.1 Å². The Bertz CT molecular complexity index is 709. The molecule has 0 bridgehead atoms. The largest absolute Gasteiger partial charge is 0.480 e. The molecule has 0 radical (unpaired) electrons. The Morgan fingerprint density at radius 1 is 0.875 bits per heavy atom. The molecule has 0 rings (SSSR count). The van der Waals surface area contributed by atoms with Crippen molar-refractivity contribution in [2.75, 3.05) is 13.2 Å². The van der Waals surface area contributed by atoms with E-state index in [1.807, 2.05) is 0 Å². The number of carbonyl (C=O) groups excluding carboxylic acids is 4. The summed E-state index contributed by atoms with van der Waals surface area (Å²) in [7, 11) is 0. The molecule has 0 aliphatic heterocycles. The summed E-state index contributed by atoms with van der Waals surface area (Å²) in [5, 5.41) is 25.4. The van der Waals surface area contributed by atoms with E-state index in [4.69, 9.17) is 28.0 Å². The van der Waals surface area contributed by atoms with Crippen molar-refractivity contribution in [1.29, 1.82) is 0 Å². The first-order valence-electron chi connectivity index (χ1n) is 9.73. The van der Waals surface area contributed by atoms with Crippen LogP contribution in [0.4, 0.5) is 0 Å². The van der Waals surface area contributed by atoms with Crippen molar-refractivity contribution in [3.05, 3.63) is 0 Å². The van der Waals surface area contributed by atoms with Gasteiger partial charge in [0, 0.05) is 13.0 Å². The Morgan fingerprint density at radius 2 is 1.41 bits per heavy atom. The summed E-state index contributed by atoms with van der Waals surface area (Å²) < 4.78 is 0. The van der Waals surface area contributed by atoms with Gasteiger partial charge in [0.15, 0.2) is 5.96 Å².